The molecule has 2 atom stereocenters. The Kier molecular flexibility index (Phi) is 2.16. The third kappa shape index (κ3) is 1.62. The molecule has 1 aliphatic heterocycles. The molecule has 0 radical (unpaired) electrons. The summed E-state index contributed by atoms with van der Waals surface area (Å²) in [5.74, 6) is 0.506. The van der Waals surface area contributed by atoms with Crippen molar-refractivity contribution in [3.8, 4) is 0 Å². The summed E-state index contributed by atoms with van der Waals surface area (Å²) in [5, 5.41) is 10.4. The number of hydrogen-bond donors (Lipinski definition) is 1. The summed E-state index contributed by atoms with van der Waals surface area (Å²) in [6.07, 6.45) is 8.33. The number of aliphatic hydroxyl groups is 1. The van der Waals surface area contributed by atoms with Crippen LogP contribution in [0.4, 0.5) is 0 Å². The van der Waals surface area contributed by atoms with Crippen LogP contribution in [0.25, 0.3) is 0 Å². The van der Waals surface area contributed by atoms with E-state index in [9.17, 15) is 5.11 Å². The van der Waals surface area contributed by atoms with Crippen LogP contribution in [0.3, 0.4) is 0 Å². The van der Waals surface area contributed by atoms with Gasteiger partial charge in [0.2, 0.25) is 0 Å². The Bertz CT molecular complexity index is 253. The summed E-state index contributed by atoms with van der Waals surface area (Å²) >= 11 is 0. The fraction of sp³-hybridized carbons (Fsp3) is 1.00. The highest BCUT2D eigenvalue weighted by molar-refractivity contribution is 5.02. The largest absolute Gasteiger partial charge is 0.392 e. The van der Waals surface area contributed by atoms with Gasteiger partial charge >= 0.3 is 0 Å². The molecule has 2 aliphatic carbocycles. The van der Waals surface area contributed by atoms with Crippen LogP contribution in [0.5, 0.6) is 0 Å². The first-order valence-electron chi connectivity index (χ1n) is 6.46. The molecule has 15 heavy (non-hydrogen) atoms. The zero-order chi connectivity index (χ0) is 10.5. The van der Waals surface area contributed by atoms with Crippen molar-refractivity contribution in [1.82, 2.24) is 0 Å². The van der Waals surface area contributed by atoms with Gasteiger partial charge in [-0.2, -0.15) is 0 Å². The first kappa shape index (κ1) is 10.1. The monoisotopic (exact) mass is 210 g/mol. The van der Waals surface area contributed by atoms with Crippen molar-refractivity contribution in [1.29, 1.82) is 0 Å². The van der Waals surface area contributed by atoms with E-state index in [0.29, 0.717) is 5.92 Å². The predicted molar refractivity (Wildman–Crippen MR) is 58.6 cm³/mol. The highest BCUT2D eigenvalue weighted by Crippen LogP contribution is 2.54. The molecule has 0 bridgehead atoms. The van der Waals surface area contributed by atoms with Crippen LogP contribution in [0.1, 0.15) is 51.9 Å². The SMILES string of the molecule is CC1(C(O)C2CCOC3(CCC3)C2)CC1. The zero-order valence-electron chi connectivity index (χ0n) is 9.67. The van der Waals surface area contributed by atoms with Crippen LogP contribution in [0, 0.1) is 11.3 Å². The topological polar surface area (TPSA) is 29.5 Å². The second-order valence-corrected chi connectivity index (χ2v) is 6.24. The van der Waals surface area contributed by atoms with Gasteiger partial charge in [0, 0.05) is 6.61 Å². The van der Waals surface area contributed by atoms with E-state index in [1.54, 1.807) is 0 Å². The van der Waals surface area contributed by atoms with E-state index in [1.807, 2.05) is 0 Å². The van der Waals surface area contributed by atoms with E-state index in [2.05, 4.69) is 6.92 Å². The van der Waals surface area contributed by atoms with Crippen molar-refractivity contribution in [2.24, 2.45) is 11.3 Å². The number of ether oxygens (including phenoxy) is 1. The zero-order valence-corrected chi connectivity index (χ0v) is 9.67. The number of aliphatic hydroxyl groups excluding tert-OH is 1. The van der Waals surface area contributed by atoms with Crippen molar-refractivity contribution >= 4 is 0 Å². The number of hydrogen-bond acceptors (Lipinski definition) is 2. The molecule has 1 saturated heterocycles. The van der Waals surface area contributed by atoms with Gasteiger partial charge in [-0.15, -0.1) is 0 Å². The molecule has 1 spiro atoms. The van der Waals surface area contributed by atoms with Gasteiger partial charge in [-0.05, 0) is 56.3 Å². The molecule has 2 nitrogen and oxygen atoms in total. The van der Waals surface area contributed by atoms with Crippen LogP contribution in [-0.4, -0.2) is 23.4 Å². The molecule has 0 aromatic carbocycles. The minimum Gasteiger partial charge on any atom is -0.392 e. The Hall–Kier alpha value is -0.0800. The van der Waals surface area contributed by atoms with Crippen molar-refractivity contribution in [3.63, 3.8) is 0 Å². The Morgan fingerprint density at radius 1 is 1.27 bits per heavy atom. The van der Waals surface area contributed by atoms with Crippen molar-refractivity contribution in [3.05, 3.63) is 0 Å². The fourth-order valence-electron chi connectivity index (χ4n) is 3.32. The van der Waals surface area contributed by atoms with E-state index in [-0.39, 0.29) is 17.1 Å². The standard InChI is InChI=1S/C13H22O2/c1-12(6-7-12)11(14)10-3-8-15-13(9-10)4-2-5-13/h10-11,14H,2-9H2,1H3. The third-order valence-electron chi connectivity index (χ3n) is 5.00. The highest BCUT2D eigenvalue weighted by Gasteiger charge is 2.51. The normalized spacial score (nSPS) is 38.4. The summed E-state index contributed by atoms with van der Waals surface area (Å²) in [4.78, 5) is 0. The highest BCUT2D eigenvalue weighted by atomic mass is 16.5. The molecular weight excluding hydrogens is 188 g/mol. The molecule has 2 heteroatoms. The van der Waals surface area contributed by atoms with Crippen LogP contribution >= 0.6 is 0 Å². The van der Waals surface area contributed by atoms with E-state index < -0.39 is 0 Å². The molecular formula is C13H22O2. The second-order valence-electron chi connectivity index (χ2n) is 6.24. The first-order chi connectivity index (χ1) is 7.14. The molecule has 0 aromatic heterocycles. The van der Waals surface area contributed by atoms with Gasteiger partial charge in [0.15, 0.2) is 0 Å². The maximum Gasteiger partial charge on any atom is 0.0686 e. The molecule has 3 fully saturated rings. The fourth-order valence-corrected chi connectivity index (χ4v) is 3.32. The molecule has 2 unspecified atom stereocenters. The van der Waals surface area contributed by atoms with Gasteiger partial charge in [0.25, 0.3) is 0 Å². The van der Waals surface area contributed by atoms with Gasteiger partial charge in [-0.3, -0.25) is 0 Å². The second kappa shape index (κ2) is 3.21. The lowest BCUT2D eigenvalue weighted by atomic mass is 9.69. The van der Waals surface area contributed by atoms with Crippen LogP contribution in [-0.2, 0) is 4.74 Å². The van der Waals surface area contributed by atoms with Gasteiger partial charge in [0.05, 0.1) is 11.7 Å². The van der Waals surface area contributed by atoms with Crippen LogP contribution < -0.4 is 0 Å². The lowest BCUT2D eigenvalue weighted by Crippen LogP contribution is -2.48. The lowest BCUT2D eigenvalue weighted by molar-refractivity contribution is -0.162. The van der Waals surface area contributed by atoms with E-state index in [1.165, 1.54) is 32.1 Å². The summed E-state index contributed by atoms with van der Waals surface area (Å²) in [5.41, 5.74) is 0.447. The smallest absolute Gasteiger partial charge is 0.0686 e. The van der Waals surface area contributed by atoms with Gasteiger partial charge in [-0.1, -0.05) is 6.92 Å². The number of rotatable bonds is 2. The average molecular weight is 210 g/mol. The minimum absolute atomic E-state index is 0.0705. The van der Waals surface area contributed by atoms with Crippen molar-refractivity contribution in [2.75, 3.05) is 6.61 Å². The molecule has 86 valence electrons. The predicted octanol–water partition coefficient (Wildman–Crippen LogP) is 2.50. The Morgan fingerprint density at radius 3 is 2.53 bits per heavy atom. The quantitative estimate of drug-likeness (QED) is 0.758. The van der Waals surface area contributed by atoms with E-state index in [4.69, 9.17) is 4.74 Å². The molecule has 3 rings (SSSR count). The lowest BCUT2D eigenvalue weighted by Gasteiger charge is -2.48. The maximum atomic E-state index is 10.4. The van der Waals surface area contributed by atoms with Gasteiger partial charge in [0.1, 0.15) is 0 Å². The summed E-state index contributed by atoms with van der Waals surface area (Å²) in [6.45, 7) is 3.11. The van der Waals surface area contributed by atoms with Crippen molar-refractivity contribution in [2.45, 2.75) is 63.6 Å². The van der Waals surface area contributed by atoms with Gasteiger partial charge < -0.3 is 9.84 Å². The summed E-state index contributed by atoms with van der Waals surface area (Å²) < 4.78 is 5.90. The summed E-state index contributed by atoms with van der Waals surface area (Å²) in [7, 11) is 0. The molecule has 3 aliphatic rings. The molecule has 1 heterocycles. The van der Waals surface area contributed by atoms with Crippen molar-refractivity contribution < 1.29 is 9.84 Å². The summed E-state index contributed by atoms with van der Waals surface area (Å²) in [6, 6.07) is 0. The molecule has 0 aromatic rings. The van der Waals surface area contributed by atoms with Gasteiger partial charge in [-0.25, -0.2) is 0 Å². The Labute approximate surface area is 92.0 Å². The maximum absolute atomic E-state index is 10.4. The Morgan fingerprint density at radius 2 is 2.00 bits per heavy atom. The van der Waals surface area contributed by atoms with E-state index >= 15 is 0 Å². The van der Waals surface area contributed by atoms with E-state index in [0.717, 1.165) is 19.4 Å². The average Bonchev–Trinajstić information content (AvgIpc) is 2.95. The molecule has 1 N–H and O–H groups in total. The third-order valence-corrected chi connectivity index (χ3v) is 5.00. The van der Waals surface area contributed by atoms with Crippen LogP contribution in [0.15, 0.2) is 0 Å². The Balaban J connectivity index is 1.66. The minimum atomic E-state index is -0.0705. The first-order valence-corrected chi connectivity index (χ1v) is 6.46. The molecule has 0 amide bonds. The molecule has 2 saturated carbocycles. The van der Waals surface area contributed by atoms with Crippen LogP contribution in [0.2, 0.25) is 0 Å².